The fourth-order valence-corrected chi connectivity index (χ4v) is 3.14. The zero-order valence-electron chi connectivity index (χ0n) is 12.2. The van der Waals surface area contributed by atoms with E-state index in [-0.39, 0.29) is 6.61 Å². The molecule has 124 valence electrons. The van der Waals surface area contributed by atoms with Crippen LogP contribution in [0.4, 0.5) is 0 Å². The molecule has 0 aliphatic heterocycles. The molecule has 3 rings (SSSR count). The summed E-state index contributed by atoms with van der Waals surface area (Å²) in [6.45, 7) is 0.135. The van der Waals surface area contributed by atoms with Crippen LogP contribution in [-0.4, -0.2) is 10.2 Å². The van der Waals surface area contributed by atoms with E-state index in [0.717, 1.165) is 5.56 Å². The second-order valence-corrected chi connectivity index (χ2v) is 6.95. The lowest BCUT2D eigenvalue weighted by Gasteiger charge is -2.05. The summed E-state index contributed by atoms with van der Waals surface area (Å²) in [4.78, 5) is 0. The highest BCUT2D eigenvalue weighted by molar-refractivity contribution is 7.98. The van der Waals surface area contributed by atoms with Gasteiger partial charge in [0.15, 0.2) is 6.61 Å². The summed E-state index contributed by atoms with van der Waals surface area (Å²) < 4.78 is 11.1. The normalized spacial score (nSPS) is 10.8. The minimum atomic E-state index is 0.135. The molecule has 8 heteroatoms. The molecule has 0 spiro atoms. The second kappa shape index (κ2) is 8.12. The summed E-state index contributed by atoms with van der Waals surface area (Å²) in [6.07, 6.45) is 0. The molecule has 0 atom stereocenters. The Morgan fingerprint density at radius 3 is 2.46 bits per heavy atom. The first kappa shape index (κ1) is 17.4. The van der Waals surface area contributed by atoms with Gasteiger partial charge in [0.05, 0.1) is 5.02 Å². The van der Waals surface area contributed by atoms with E-state index in [9.17, 15) is 0 Å². The minimum absolute atomic E-state index is 0.135. The van der Waals surface area contributed by atoms with Crippen molar-refractivity contribution in [3.8, 4) is 5.75 Å². The third-order valence-corrected chi connectivity index (χ3v) is 4.64. The molecule has 0 amide bonds. The zero-order valence-corrected chi connectivity index (χ0v) is 15.3. The summed E-state index contributed by atoms with van der Waals surface area (Å²) >= 11 is 19.2. The highest BCUT2D eigenvalue weighted by Gasteiger charge is 2.09. The van der Waals surface area contributed by atoms with Gasteiger partial charge in [-0.15, -0.1) is 10.2 Å². The Balaban J connectivity index is 1.54. The Kier molecular flexibility index (Phi) is 5.89. The molecule has 2 aromatic carbocycles. The molecule has 0 saturated carbocycles. The maximum Gasteiger partial charge on any atom is 0.277 e. The summed E-state index contributed by atoms with van der Waals surface area (Å²) in [5.41, 5.74) is 1.12. The molecular weight excluding hydrogens is 391 g/mol. The van der Waals surface area contributed by atoms with Gasteiger partial charge in [-0.1, -0.05) is 58.7 Å². The Morgan fingerprint density at radius 1 is 0.958 bits per heavy atom. The van der Waals surface area contributed by atoms with Crippen LogP contribution in [0.5, 0.6) is 5.75 Å². The maximum absolute atomic E-state index is 6.04. The molecule has 0 fully saturated rings. The fourth-order valence-electron chi connectivity index (χ4n) is 1.81. The molecule has 3 aromatic rings. The largest absolute Gasteiger partial charge is 0.482 e. The molecule has 24 heavy (non-hydrogen) atoms. The third kappa shape index (κ3) is 4.80. The predicted molar refractivity (Wildman–Crippen MR) is 96.1 cm³/mol. The molecule has 0 radical (unpaired) electrons. The molecule has 4 nitrogen and oxygen atoms in total. The van der Waals surface area contributed by atoms with Crippen LogP contribution in [0.1, 0.15) is 11.5 Å². The van der Waals surface area contributed by atoms with Crippen LogP contribution >= 0.6 is 46.6 Å². The van der Waals surface area contributed by atoms with Gasteiger partial charge in [0.25, 0.3) is 11.1 Å². The van der Waals surface area contributed by atoms with E-state index in [4.69, 9.17) is 44.0 Å². The van der Waals surface area contributed by atoms with Crippen molar-refractivity contribution in [1.82, 2.24) is 10.2 Å². The number of nitrogens with zero attached hydrogens (tertiary/aromatic N) is 2. The molecule has 0 unspecified atom stereocenters. The van der Waals surface area contributed by atoms with Crippen LogP contribution in [0.25, 0.3) is 0 Å². The van der Waals surface area contributed by atoms with Crippen LogP contribution in [0.15, 0.2) is 52.1 Å². The molecule has 0 aliphatic rings. The highest BCUT2D eigenvalue weighted by Crippen LogP contribution is 2.28. The first-order chi connectivity index (χ1) is 11.6. The van der Waals surface area contributed by atoms with Crippen molar-refractivity contribution in [1.29, 1.82) is 0 Å². The quantitative estimate of drug-likeness (QED) is 0.481. The summed E-state index contributed by atoms with van der Waals surface area (Å²) in [5.74, 6) is 1.59. The average Bonchev–Trinajstić information content (AvgIpc) is 3.01. The minimum Gasteiger partial charge on any atom is -0.482 e. The molecule has 1 heterocycles. The van der Waals surface area contributed by atoms with Crippen molar-refractivity contribution in [3.05, 3.63) is 69.0 Å². The number of halogens is 3. The molecule has 1 aromatic heterocycles. The number of aromatic nitrogens is 2. The molecular formula is C16H11Cl3N2O2S. The van der Waals surface area contributed by atoms with Crippen LogP contribution < -0.4 is 4.74 Å². The fraction of sp³-hybridized carbons (Fsp3) is 0.125. The van der Waals surface area contributed by atoms with Crippen molar-refractivity contribution >= 4 is 46.6 Å². The summed E-state index contributed by atoms with van der Waals surface area (Å²) in [5, 5.41) is 10.1. The molecule has 0 N–H and O–H groups in total. The van der Waals surface area contributed by atoms with Gasteiger partial charge in [-0.05, 0) is 35.9 Å². The smallest absolute Gasteiger partial charge is 0.277 e. The number of ether oxygens (including phenoxy) is 1. The third-order valence-electron chi connectivity index (χ3n) is 2.97. The Bertz CT molecular complexity index is 824. The van der Waals surface area contributed by atoms with Gasteiger partial charge in [-0.2, -0.15) is 0 Å². The van der Waals surface area contributed by atoms with E-state index < -0.39 is 0 Å². The molecule has 0 saturated heterocycles. The van der Waals surface area contributed by atoms with Gasteiger partial charge in [-0.3, -0.25) is 0 Å². The van der Waals surface area contributed by atoms with Crippen molar-refractivity contribution in [3.63, 3.8) is 0 Å². The van der Waals surface area contributed by atoms with Gasteiger partial charge >= 0.3 is 0 Å². The van der Waals surface area contributed by atoms with E-state index in [1.54, 1.807) is 18.2 Å². The summed E-state index contributed by atoms with van der Waals surface area (Å²) in [7, 11) is 0. The number of hydrogen-bond acceptors (Lipinski definition) is 5. The molecule has 0 aliphatic carbocycles. The average molecular weight is 402 g/mol. The summed E-state index contributed by atoms with van der Waals surface area (Å²) in [6, 6.07) is 12.6. The lowest BCUT2D eigenvalue weighted by Crippen LogP contribution is -1.96. The van der Waals surface area contributed by atoms with Gasteiger partial charge in [0.2, 0.25) is 0 Å². The van der Waals surface area contributed by atoms with Crippen LogP contribution in [-0.2, 0) is 12.4 Å². The van der Waals surface area contributed by atoms with Gasteiger partial charge in [0.1, 0.15) is 5.75 Å². The van der Waals surface area contributed by atoms with Crippen molar-refractivity contribution in [2.24, 2.45) is 0 Å². The number of benzene rings is 2. The van der Waals surface area contributed by atoms with Crippen LogP contribution in [0.3, 0.4) is 0 Å². The number of thioether (sulfide) groups is 1. The van der Waals surface area contributed by atoms with Crippen molar-refractivity contribution in [2.45, 2.75) is 17.6 Å². The van der Waals surface area contributed by atoms with Crippen molar-refractivity contribution < 1.29 is 9.15 Å². The zero-order chi connectivity index (χ0) is 16.9. The second-order valence-electron chi connectivity index (χ2n) is 4.74. The standard InChI is InChI=1S/C16H11Cl3N2O2S/c17-11-3-1-10(2-4-11)9-24-16-21-20-15(23-16)8-22-14-6-5-12(18)7-13(14)19/h1-7H,8-9H2. The maximum atomic E-state index is 6.04. The van der Waals surface area contributed by atoms with Gasteiger partial charge in [-0.25, -0.2) is 0 Å². The van der Waals surface area contributed by atoms with Crippen LogP contribution in [0, 0.1) is 0 Å². The Morgan fingerprint density at radius 2 is 1.71 bits per heavy atom. The lowest BCUT2D eigenvalue weighted by atomic mass is 10.2. The predicted octanol–water partition coefficient (Wildman–Crippen LogP) is 5.90. The van der Waals surface area contributed by atoms with Gasteiger partial charge < -0.3 is 9.15 Å². The first-order valence-electron chi connectivity index (χ1n) is 6.87. The van der Waals surface area contributed by atoms with Gasteiger partial charge in [0, 0.05) is 15.8 Å². The topological polar surface area (TPSA) is 48.2 Å². The van der Waals surface area contributed by atoms with E-state index in [1.165, 1.54) is 11.8 Å². The highest BCUT2D eigenvalue weighted by atomic mass is 35.5. The Hall–Kier alpha value is -1.40. The van der Waals surface area contributed by atoms with E-state index >= 15 is 0 Å². The molecule has 0 bridgehead atoms. The van der Waals surface area contributed by atoms with Crippen molar-refractivity contribution in [2.75, 3.05) is 0 Å². The lowest BCUT2D eigenvalue weighted by molar-refractivity contribution is 0.252. The SMILES string of the molecule is Clc1ccc(CSc2nnc(COc3ccc(Cl)cc3Cl)o2)cc1. The van der Waals surface area contributed by atoms with Crippen LogP contribution in [0.2, 0.25) is 15.1 Å². The number of hydrogen-bond donors (Lipinski definition) is 0. The Labute approximate surface area is 158 Å². The monoisotopic (exact) mass is 400 g/mol. The van der Waals surface area contributed by atoms with E-state index in [0.29, 0.717) is 37.7 Å². The first-order valence-corrected chi connectivity index (χ1v) is 8.99. The van der Waals surface area contributed by atoms with E-state index in [1.807, 2.05) is 24.3 Å². The van der Waals surface area contributed by atoms with E-state index in [2.05, 4.69) is 10.2 Å². The number of rotatable bonds is 6.